The number of ketones is 1. The molecule has 0 atom stereocenters. The zero-order valence-corrected chi connectivity index (χ0v) is 11.4. The van der Waals surface area contributed by atoms with Gasteiger partial charge >= 0.3 is 0 Å². The van der Waals surface area contributed by atoms with Crippen molar-refractivity contribution >= 4 is 22.4 Å². The summed E-state index contributed by atoms with van der Waals surface area (Å²) < 4.78 is 6.85. The third-order valence-electron chi connectivity index (χ3n) is 3.70. The van der Waals surface area contributed by atoms with Crippen LogP contribution in [0.2, 0.25) is 0 Å². The van der Waals surface area contributed by atoms with Gasteiger partial charge in [0.1, 0.15) is 17.2 Å². The predicted molar refractivity (Wildman–Crippen MR) is 81.2 cm³/mol. The van der Waals surface area contributed by atoms with E-state index in [1.807, 2.05) is 54.6 Å². The summed E-state index contributed by atoms with van der Waals surface area (Å²) in [4.78, 5) is 12.5. The highest BCUT2D eigenvalue weighted by Gasteiger charge is 2.27. The van der Waals surface area contributed by atoms with Crippen LogP contribution in [0, 0.1) is 0 Å². The number of hydrogen-bond donors (Lipinski definition) is 0. The number of benzene rings is 2. The molecule has 1 aliphatic heterocycles. The van der Waals surface area contributed by atoms with Crippen molar-refractivity contribution in [3.63, 3.8) is 0 Å². The van der Waals surface area contributed by atoms with Crippen LogP contribution in [-0.2, 0) is 0 Å². The van der Waals surface area contributed by atoms with Crippen molar-refractivity contribution in [2.45, 2.75) is 0 Å². The SMILES string of the molecule is COc1ccc(C2=Nn3c(cc4ccccc43)C2=O)cc1. The smallest absolute Gasteiger partial charge is 0.232 e. The van der Waals surface area contributed by atoms with Crippen LogP contribution >= 0.6 is 0 Å². The third-order valence-corrected chi connectivity index (χ3v) is 3.70. The van der Waals surface area contributed by atoms with Gasteiger partial charge in [-0.2, -0.15) is 5.10 Å². The molecule has 0 aliphatic carbocycles. The molecule has 3 aromatic rings. The minimum absolute atomic E-state index is 0.0450. The van der Waals surface area contributed by atoms with Crippen molar-refractivity contribution in [3.8, 4) is 5.75 Å². The van der Waals surface area contributed by atoms with Crippen LogP contribution in [0.4, 0.5) is 0 Å². The van der Waals surface area contributed by atoms with Crippen LogP contribution in [0.25, 0.3) is 10.9 Å². The van der Waals surface area contributed by atoms with Crippen molar-refractivity contribution in [3.05, 3.63) is 65.9 Å². The Bertz CT molecular complexity index is 889. The molecule has 0 saturated heterocycles. The normalized spacial score (nSPS) is 13.4. The molecule has 1 aromatic heterocycles. The van der Waals surface area contributed by atoms with Gasteiger partial charge in [-0.3, -0.25) is 4.79 Å². The average molecular weight is 276 g/mol. The molecule has 102 valence electrons. The second-order valence-corrected chi connectivity index (χ2v) is 4.91. The van der Waals surface area contributed by atoms with Crippen LogP contribution in [0.5, 0.6) is 5.75 Å². The van der Waals surface area contributed by atoms with Crippen molar-refractivity contribution in [1.29, 1.82) is 0 Å². The number of carbonyl (C=O) groups excluding carboxylic acids is 1. The lowest BCUT2D eigenvalue weighted by Gasteiger charge is -2.01. The Morgan fingerprint density at radius 1 is 1.05 bits per heavy atom. The van der Waals surface area contributed by atoms with Gasteiger partial charge in [-0.05, 0) is 36.4 Å². The lowest BCUT2D eigenvalue weighted by atomic mass is 10.1. The largest absolute Gasteiger partial charge is 0.497 e. The lowest BCUT2D eigenvalue weighted by molar-refractivity contribution is 0.106. The molecule has 2 heterocycles. The summed E-state index contributed by atoms with van der Waals surface area (Å²) in [6, 6.07) is 17.1. The number of methoxy groups -OCH3 is 1. The lowest BCUT2D eigenvalue weighted by Crippen LogP contribution is -2.10. The zero-order chi connectivity index (χ0) is 14.4. The van der Waals surface area contributed by atoms with Crippen LogP contribution in [-0.4, -0.2) is 23.3 Å². The van der Waals surface area contributed by atoms with Crippen LogP contribution in [0.3, 0.4) is 0 Å². The molecular formula is C17H12N2O2. The number of hydrogen-bond acceptors (Lipinski definition) is 3. The molecule has 0 fully saturated rings. The molecule has 0 N–H and O–H groups in total. The van der Waals surface area contributed by atoms with Gasteiger partial charge < -0.3 is 4.74 Å². The molecule has 0 radical (unpaired) electrons. The standard InChI is InChI=1S/C17H12N2O2/c1-21-13-8-6-11(7-9-13)16-17(20)15-10-12-4-2-3-5-14(12)19(15)18-16/h2-10H,1H3. The van der Waals surface area contributed by atoms with E-state index in [1.54, 1.807) is 11.8 Å². The van der Waals surface area contributed by atoms with Crippen molar-refractivity contribution in [2.75, 3.05) is 7.11 Å². The van der Waals surface area contributed by atoms with Gasteiger partial charge in [-0.25, -0.2) is 4.68 Å². The molecule has 21 heavy (non-hydrogen) atoms. The molecule has 0 amide bonds. The first-order chi connectivity index (χ1) is 10.3. The average Bonchev–Trinajstić information content (AvgIpc) is 3.05. The van der Waals surface area contributed by atoms with E-state index in [0.717, 1.165) is 22.2 Å². The van der Waals surface area contributed by atoms with Gasteiger partial charge in [0.15, 0.2) is 0 Å². The Kier molecular flexibility index (Phi) is 2.44. The van der Waals surface area contributed by atoms with Crippen molar-refractivity contribution < 1.29 is 9.53 Å². The minimum Gasteiger partial charge on any atom is -0.497 e. The molecule has 0 spiro atoms. The fraction of sp³-hybridized carbons (Fsp3) is 0.0588. The Hall–Kier alpha value is -2.88. The fourth-order valence-corrected chi connectivity index (χ4v) is 2.61. The summed E-state index contributed by atoms with van der Waals surface area (Å²) in [6.07, 6.45) is 0. The predicted octanol–water partition coefficient (Wildman–Crippen LogP) is 3.10. The number of Topliss-reactive ketones (excluding diaryl/α,β-unsaturated/α-hetero) is 1. The van der Waals surface area contributed by atoms with Crippen LogP contribution < -0.4 is 4.74 Å². The Morgan fingerprint density at radius 3 is 2.57 bits per heavy atom. The summed E-state index contributed by atoms with van der Waals surface area (Å²) >= 11 is 0. The fourth-order valence-electron chi connectivity index (χ4n) is 2.61. The van der Waals surface area contributed by atoms with E-state index in [9.17, 15) is 4.79 Å². The second kappa shape index (κ2) is 4.31. The van der Waals surface area contributed by atoms with Gasteiger partial charge in [0.05, 0.1) is 12.6 Å². The number of para-hydroxylation sites is 1. The highest BCUT2D eigenvalue weighted by atomic mass is 16.5. The summed E-state index contributed by atoms with van der Waals surface area (Å²) in [5.74, 6) is 0.714. The van der Waals surface area contributed by atoms with Gasteiger partial charge in [0.2, 0.25) is 5.78 Å². The second-order valence-electron chi connectivity index (χ2n) is 4.91. The van der Waals surface area contributed by atoms with E-state index in [2.05, 4.69) is 5.10 Å². The number of carbonyl (C=O) groups is 1. The maximum atomic E-state index is 12.5. The summed E-state index contributed by atoms with van der Waals surface area (Å²) in [6.45, 7) is 0. The molecule has 1 aliphatic rings. The number of aromatic nitrogens is 1. The maximum absolute atomic E-state index is 12.5. The summed E-state index contributed by atoms with van der Waals surface area (Å²) in [7, 11) is 1.62. The highest BCUT2D eigenvalue weighted by molar-refractivity contribution is 6.52. The quantitative estimate of drug-likeness (QED) is 0.722. The third kappa shape index (κ3) is 1.69. The van der Waals surface area contributed by atoms with Crippen LogP contribution in [0.15, 0.2) is 59.7 Å². The first-order valence-electron chi connectivity index (χ1n) is 6.66. The molecular weight excluding hydrogens is 264 g/mol. The van der Waals surface area contributed by atoms with E-state index >= 15 is 0 Å². The highest BCUT2D eigenvalue weighted by Crippen LogP contribution is 2.26. The maximum Gasteiger partial charge on any atom is 0.232 e. The topological polar surface area (TPSA) is 43.6 Å². The van der Waals surface area contributed by atoms with Crippen LogP contribution in [0.1, 0.15) is 16.1 Å². The Labute approximate surface area is 121 Å². The van der Waals surface area contributed by atoms with E-state index in [-0.39, 0.29) is 5.78 Å². The first-order valence-corrected chi connectivity index (χ1v) is 6.66. The van der Waals surface area contributed by atoms with Gasteiger partial charge in [-0.15, -0.1) is 0 Å². The van der Waals surface area contributed by atoms with Gasteiger partial charge in [0, 0.05) is 10.9 Å². The van der Waals surface area contributed by atoms with E-state index < -0.39 is 0 Å². The van der Waals surface area contributed by atoms with E-state index in [4.69, 9.17) is 4.74 Å². The monoisotopic (exact) mass is 276 g/mol. The molecule has 0 unspecified atom stereocenters. The molecule has 0 saturated carbocycles. The molecule has 4 heteroatoms. The van der Waals surface area contributed by atoms with Gasteiger partial charge in [0.25, 0.3) is 0 Å². The number of rotatable bonds is 2. The van der Waals surface area contributed by atoms with Crippen molar-refractivity contribution in [1.82, 2.24) is 4.68 Å². The summed E-state index contributed by atoms with van der Waals surface area (Å²) in [5, 5.41) is 5.52. The number of nitrogens with zero attached hydrogens (tertiary/aromatic N) is 2. The van der Waals surface area contributed by atoms with E-state index in [0.29, 0.717) is 11.4 Å². The minimum atomic E-state index is -0.0450. The zero-order valence-electron chi connectivity index (χ0n) is 11.4. The number of fused-ring (bicyclic) bond motifs is 3. The molecule has 0 bridgehead atoms. The number of ether oxygens (including phenoxy) is 1. The molecule has 4 nitrogen and oxygen atoms in total. The van der Waals surface area contributed by atoms with Gasteiger partial charge in [-0.1, -0.05) is 18.2 Å². The first kappa shape index (κ1) is 11.9. The molecule has 4 rings (SSSR count). The Morgan fingerprint density at radius 2 is 1.81 bits per heavy atom. The summed E-state index contributed by atoms with van der Waals surface area (Å²) in [5.41, 5.74) is 2.83. The van der Waals surface area contributed by atoms with Crippen molar-refractivity contribution in [2.24, 2.45) is 5.10 Å². The Balaban J connectivity index is 1.85. The molecule has 2 aromatic carbocycles. The van der Waals surface area contributed by atoms with E-state index in [1.165, 1.54) is 0 Å².